The fourth-order valence-corrected chi connectivity index (χ4v) is 4.97. The molecular weight excluding hydrogens is 480 g/mol. The average Bonchev–Trinajstić information content (AvgIpc) is 3.33. The molecule has 1 aliphatic rings. The third-order valence-corrected chi connectivity index (χ3v) is 6.96. The van der Waals surface area contributed by atoms with Crippen LogP contribution in [0.2, 0.25) is 5.15 Å². The number of benzene rings is 1. The lowest BCUT2D eigenvalue weighted by Crippen LogP contribution is -2.38. The minimum atomic E-state index is -0.543. The van der Waals surface area contributed by atoms with Crippen LogP contribution in [0.3, 0.4) is 0 Å². The van der Waals surface area contributed by atoms with Gasteiger partial charge in [0.15, 0.2) is 33.5 Å². The van der Waals surface area contributed by atoms with Gasteiger partial charge in [-0.3, -0.25) is 14.4 Å². The number of halogens is 1. The smallest absolute Gasteiger partial charge is 0.276 e. The zero-order chi connectivity index (χ0) is 24.6. The fraction of sp³-hybridized carbons (Fsp3) is 0.333. The van der Waals surface area contributed by atoms with Gasteiger partial charge >= 0.3 is 0 Å². The number of amides is 2. The monoisotopic (exact) mass is 503 g/mol. The van der Waals surface area contributed by atoms with Crippen molar-refractivity contribution in [2.75, 3.05) is 17.2 Å². The molecule has 0 spiro atoms. The van der Waals surface area contributed by atoms with Crippen LogP contribution in [0, 0.1) is 0 Å². The number of nitrogen functional groups attached to an aromatic ring is 2. The zero-order valence-corrected chi connectivity index (χ0v) is 20.2. The Bertz CT molecular complexity index is 1330. The van der Waals surface area contributed by atoms with E-state index in [9.17, 15) is 14.4 Å². The highest BCUT2D eigenvalue weighted by Gasteiger charge is 2.28. The van der Waals surface area contributed by atoms with E-state index in [1.165, 1.54) is 11.8 Å². The van der Waals surface area contributed by atoms with E-state index in [1.54, 1.807) is 12.1 Å². The Balaban J connectivity index is 1.59. The minimum Gasteiger partial charge on any atom is -0.382 e. The van der Waals surface area contributed by atoms with Crippen molar-refractivity contribution in [2.45, 2.75) is 32.5 Å². The molecule has 1 atom stereocenters. The summed E-state index contributed by atoms with van der Waals surface area (Å²) in [7, 11) is 1.87. The van der Waals surface area contributed by atoms with Gasteiger partial charge in [-0.05, 0) is 25.5 Å². The Labute approximate surface area is 204 Å². The molecule has 3 heterocycles. The van der Waals surface area contributed by atoms with Crippen molar-refractivity contribution in [2.24, 2.45) is 7.05 Å². The van der Waals surface area contributed by atoms with E-state index in [1.807, 2.05) is 29.2 Å². The summed E-state index contributed by atoms with van der Waals surface area (Å²) in [5.74, 6) is 0.501. The molecular formula is C21H24ClN8O3S+. The molecule has 0 saturated carbocycles. The number of rotatable bonds is 6. The maximum absolute atomic E-state index is 12.7. The number of nitrogens with two attached hydrogens (primary N) is 2. The number of aryl methyl sites for hydroxylation is 2. The van der Waals surface area contributed by atoms with Crippen LogP contribution in [0.5, 0.6) is 0 Å². The van der Waals surface area contributed by atoms with E-state index in [4.69, 9.17) is 23.1 Å². The quantitative estimate of drug-likeness (QED) is 0.359. The molecule has 3 aromatic rings. The predicted molar refractivity (Wildman–Crippen MR) is 129 cm³/mol. The Morgan fingerprint density at radius 1 is 1.26 bits per heavy atom. The number of thioether (sulfide) groups is 1. The van der Waals surface area contributed by atoms with Crippen molar-refractivity contribution in [1.29, 1.82) is 0 Å². The van der Waals surface area contributed by atoms with Crippen LogP contribution in [-0.4, -0.2) is 43.3 Å². The number of carbonyl (C=O) groups excluding carboxylic acids is 3. The molecule has 0 radical (unpaired) electrons. The third-order valence-electron chi connectivity index (χ3n) is 5.67. The number of fused-ring (bicyclic) bond motifs is 1. The van der Waals surface area contributed by atoms with Gasteiger partial charge in [0.25, 0.3) is 17.6 Å². The molecule has 6 N–H and O–H groups in total. The first-order chi connectivity index (χ1) is 16.2. The Morgan fingerprint density at radius 2 is 2.03 bits per heavy atom. The van der Waals surface area contributed by atoms with Crippen LogP contribution < -0.4 is 26.7 Å². The van der Waals surface area contributed by atoms with E-state index in [0.717, 1.165) is 16.9 Å². The van der Waals surface area contributed by atoms with Crippen molar-refractivity contribution < 1.29 is 19.0 Å². The SMILES string of the molecule is CCn1c(CNC(=O)c2nc(Cl)c(N)nc2N)[n+](C)c2ccc(C(=O)NC3CCSC3=O)cc21. The Hall–Kier alpha value is -3.38. The molecule has 34 heavy (non-hydrogen) atoms. The number of nitrogens with zero attached hydrogens (tertiary/aromatic N) is 4. The molecule has 0 aliphatic carbocycles. The summed E-state index contributed by atoms with van der Waals surface area (Å²) in [5.41, 5.74) is 13.4. The van der Waals surface area contributed by atoms with E-state index < -0.39 is 11.9 Å². The topological polar surface area (TPSA) is 162 Å². The van der Waals surface area contributed by atoms with Crippen molar-refractivity contribution in [3.8, 4) is 0 Å². The second kappa shape index (κ2) is 9.47. The highest BCUT2D eigenvalue weighted by atomic mass is 35.5. The standard InChI is InChI=1S/C21H23ClN8O3S/c1-3-30-13-8-10(19(31)26-11-6-7-34-21(11)33)4-5-12(13)29(2)14(30)9-25-20(32)15-17(23)28-18(24)16(22)27-15/h4-5,8,11H,3,6-7,9H2,1-2H3,(H5-,23,24,25,26,28,31,32)/p+1. The van der Waals surface area contributed by atoms with Crippen LogP contribution in [0.4, 0.5) is 11.6 Å². The summed E-state index contributed by atoms with van der Waals surface area (Å²) in [6, 6.07) is 4.90. The second-order valence-electron chi connectivity index (χ2n) is 7.72. The molecule has 1 saturated heterocycles. The number of anilines is 2. The lowest BCUT2D eigenvalue weighted by molar-refractivity contribution is -0.654. The summed E-state index contributed by atoms with van der Waals surface area (Å²) in [5, 5.41) is 5.49. The Morgan fingerprint density at radius 3 is 2.71 bits per heavy atom. The number of imidazole rings is 1. The van der Waals surface area contributed by atoms with E-state index in [2.05, 4.69) is 20.6 Å². The molecule has 1 unspecified atom stereocenters. The van der Waals surface area contributed by atoms with Gasteiger partial charge < -0.3 is 22.1 Å². The van der Waals surface area contributed by atoms with Gasteiger partial charge in [-0.15, -0.1) is 0 Å². The molecule has 2 amide bonds. The van der Waals surface area contributed by atoms with Crippen LogP contribution in [0.25, 0.3) is 11.0 Å². The molecule has 178 valence electrons. The molecule has 1 fully saturated rings. The molecule has 1 aromatic carbocycles. The molecule has 11 nitrogen and oxygen atoms in total. The summed E-state index contributed by atoms with van der Waals surface area (Å²) in [4.78, 5) is 45.0. The van der Waals surface area contributed by atoms with E-state index in [-0.39, 0.29) is 40.0 Å². The summed E-state index contributed by atoms with van der Waals surface area (Å²) >= 11 is 7.12. The maximum Gasteiger partial charge on any atom is 0.276 e. The molecule has 2 aromatic heterocycles. The number of hydrogen-bond donors (Lipinski definition) is 4. The molecule has 0 bridgehead atoms. The van der Waals surface area contributed by atoms with E-state index >= 15 is 0 Å². The van der Waals surface area contributed by atoms with Crippen molar-refractivity contribution in [1.82, 2.24) is 25.2 Å². The van der Waals surface area contributed by atoms with Crippen molar-refractivity contribution >= 4 is 63.0 Å². The first-order valence-corrected chi connectivity index (χ1v) is 11.9. The minimum absolute atomic E-state index is 0.0106. The van der Waals surface area contributed by atoms with Crippen molar-refractivity contribution in [3.63, 3.8) is 0 Å². The predicted octanol–water partition coefficient (Wildman–Crippen LogP) is 0.785. The van der Waals surface area contributed by atoms with Gasteiger partial charge in [0.1, 0.15) is 6.54 Å². The zero-order valence-electron chi connectivity index (χ0n) is 18.6. The largest absolute Gasteiger partial charge is 0.382 e. The second-order valence-corrected chi connectivity index (χ2v) is 9.18. The average molecular weight is 504 g/mol. The normalized spacial score (nSPS) is 15.6. The van der Waals surface area contributed by atoms with Gasteiger partial charge in [0.05, 0.1) is 19.6 Å². The summed E-state index contributed by atoms with van der Waals surface area (Å²) < 4.78 is 3.93. The van der Waals surface area contributed by atoms with Crippen LogP contribution in [0.1, 0.15) is 40.0 Å². The van der Waals surface area contributed by atoms with Gasteiger partial charge in [0.2, 0.25) is 5.12 Å². The lowest BCUT2D eigenvalue weighted by atomic mass is 10.1. The van der Waals surface area contributed by atoms with Gasteiger partial charge in [0, 0.05) is 17.4 Å². The lowest BCUT2D eigenvalue weighted by Gasteiger charge is -2.09. The number of nitrogens with one attached hydrogen (secondary N) is 2. The first-order valence-electron chi connectivity index (χ1n) is 10.6. The molecule has 1 aliphatic heterocycles. The number of hydrogen-bond acceptors (Lipinski definition) is 8. The maximum atomic E-state index is 12.7. The van der Waals surface area contributed by atoms with Crippen LogP contribution in [-0.2, 0) is 24.9 Å². The van der Waals surface area contributed by atoms with Crippen LogP contribution >= 0.6 is 23.4 Å². The summed E-state index contributed by atoms with van der Waals surface area (Å²) in [6.07, 6.45) is 0.635. The van der Waals surface area contributed by atoms with Gasteiger partial charge in [-0.1, -0.05) is 23.4 Å². The number of carbonyl (C=O) groups is 3. The van der Waals surface area contributed by atoms with Crippen molar-refractivity contribution in [3.05, 3.63) is 40.4 Å². The van der Waals surface area contributed by atoms with Crippen LogP contribution in [0.15, 0.2) is 18.2 Å². The molecule has 13 heteroatoms. The highest BCUT2D eigenvalue weighted by molar-refractivity contribution is 8.14. The first kappa shape index (κ1) is 23.8. The fourth-order valence-electron chi connectivity index (χ4n) is 3.91. The number of aromatic nitrogens is 4. The third kappa shape index (κ3) is 4.38. The Kier molecular flexibility index (Phi) is 6.62. The van der Waals surface area contributed by atoms with Gasteiger partial charge in [-0.25, -0.2) is 19.1 Å². The molecule has 4 rings (SSSR count). The summed E-state index contributed by atoms with van der Waals surface area (Å²) in [6.45, 7) is 2.73. The van der Waals surface area contributed by atoms with Gasteiger partial charge in [-0.2, -0.15) is 0 Å². The van der Waals surface area contributed by atoms with E-state index in [0.29, 0.717) is 24.3 Å². The highest BCUT2D eigenvalue weighted by Crippen LogP contribution is 2.21.